The third-order valence-electron chi connectivity index (χ3n) is 7.69. The summed E-state index contributed by atoms with van der Waals surface area (Å²) in [4.78, 5) is 29.4. The van der Waals surface area contributed by atoms with Gasteiger partial charge in [0.05, 0.1) is 27.7 Å². The van der Waals surface area contributed by atoms with Gasteiger partial charge in [-0.25, -0.2) is 8.42 Å². The fourth-order valence-electron chi connectivity index (χ4n) is 5.39. The van der Waals surface area contributed by atoms with E-state index in [0.29, 0.717) is 22.0 Å². The minimum atomic E-state index is -4.28. The minimum Gasteiger partial charge on any atom is -0.495 e. The van der Waals surface area contributed by atoms with E-state index in [1.165, 1.54) is 36.3 Å². The van der Waals surface area contributed by atoms with E-state index in [1.807, 2.05) is 6.92 Å². The fourth-order valence-corrected chi connectivity index (χ4v) is 7.31. The average Bonchev–Trinajstić information content (AvgIpc) is 3.02. The van der Waals surface area contributed by atoms with Gasteiger partial charge >= 0.3 is 0 Å². The van der Waals surface area contributed by atoms with Gasteiger partial charge in [-0.2, -0.15) is 0 Å². The zero-order valence-corrected chi connectivity index (χ0v) is 27.7. The largest absolute Gasteiger partial charge is 0.495 e. The molecular weight excluding hydrogens is 645 g/mol. The number of carbonyl (C=O) groups is 2. The highest BCUT2D eigenvalue weighted by Crippen LogP contribution is 2.35. The number of amides is 2. The molecule has 0 heterocycles. The van der Waals surface area contributed by atoms with Crippen LogP contribution in [0, 0.1) is 0 Å². The van der Waals surface area contributed by atoms with Gasteiger partial charge in [-0.15, -0.1) is 0 Å². The van der Waals surface area contributed by atoms with Crippen molar-refractivity contribution in [1.82, 2.24) is 10.2 Å². The lowest BCUT2D eigenvalue weighted by atomic mass is 9.95. The van der Waals surface area contributed by atoms with Crippen molar-refractivity contribution < 1.29 is 22.7 Å². The second kappa shape index (κ2) is 15.3. The van der Waals surface area contributed by atoms with Crippen LogP contribution in [0.25, 0.3) is 0 Å². The molecule has 3 aromatic carbocycles. The van der Waals surface area contributed by atoms with Crippen molar-refractivity contribution in [3.63, 3.8) is 0 Å². The SMILES string of the molecule is CC[C@H](C(=O)NC1CCCCC1)N(Cc1ccc(Cl)c(Cl)c1)C(=O)CN(c1cc(Cl)ccc1OC)S(=O)(=O)c1ccccc1. The Hall–Kier alpha value is -2.98. The van der Waals surface area contributed by atoms with E-state index < -0.39 is 28.5 Å². The topological polar surface area (TPSA) is 96.0 Å². The molecule has 8 nitrogen and oxygen atoms in total. The Morgan fingerprint density at radius 1 is 0.955 bits per heavy atom. The molecule has 44 heavy (non-hydrogen) atoms. The summed E-state index contributed by atoms with van der Waals surface area (Å²) in [5.41, 5.74) is 0.723. The predicted octanol–water partition coefficient (Wildman–Crippen LogP) is 7.11. The molecule has 0 radical (unpaired) electrons. The van der Waals surface area contributed by atoms with Gasteiger partial charge in [-0.05, 0) is 67.3 Å². The second-order valence-electron chi connectivity index (χ2n) is 10.7. The summed E-state index contributed by atoms with van der Waals surface area (Å²) in [5, 5.41) is 4.04. The summed E-state index contributed by atoms with van der Waals surface area (Å²) in [7, 11) is -2.88. The lowest BCUT2D eigenvalue weighted by Gasteiger charge is -2.34. The fraction of sp³-hybridized carbons (Fsp3) is 0.375. The van der Waals surface area contributed by atoms with E-state index in [0.717, 1.165) is 36.4 Å². The molecule has 1 N–H and O–H groups in total. The normalized spacial score (nSPS) is 14.5. The number of nitrogens with zero attached hydrogens (tertiary/aromatic N) is 2. The molecule has 0 bridgehead atoms. The number of halogens is 3. The first-order chi connectivity index (χ1) is 21.0. The van der Waals surface area contributed by atoms with E-state index >= 15 is 0 Å². The summed E-state index contributed by atoms with van der Waals surface area (Å²) in [6.45, 7) is 1.19. The third-order valence-corrected chi connectivity index (χ3v) is 10.4. The number of carbonyl (C=O) groups excluding carboxylic acids is 2. The van der Waals surface area contributed by atoms with Crippen molar-refractivity contribution in [2.24, 2.45) is 0 Å². The molecule has 0 aliphatic heterocycles. The number of benzene rings is 3. The maximum atomic E-state index is 14.3. The number of hydrogen-bond donors (Lipinski definition) is 1. The standard InChI is InChI=1S/C32H36Cl3N3O5S/c1-3-28(32(40)36-24-10-6-4-7-11-24)37(20-22-14-16-26(34)27(35)18-22)31(39)21-38(29-19-23(33)15-17-30(29)43-2)44(41,42)25-12-8-5-9-13-25/h5,8-9,12-19,24,28H,3-4,6-7,10-11,20-21H2,1-2H3,(H,36,40)/t28-/m1/s1. The van der Waals surface area contributed by atoms with Gasteiger partial charge in [0.25, 0.3) is 10.0 Å². The van der Waals surface area contributed by atoms with Gasteiger partial charge in [0.15, 0.2) is 0 Å². The van der Waals surface area contributed by atoms with Crippen LogP contribution in [0.5, 0.6) is 5.75 Å². The minimum absolute atomic E-state index is 0.00176. The molecular formula is C32H36Cl3N3O5S. The van der Waals surface area contributed by atoms with Crippen LogP contribution in [0.3, 0.4) is 0 Å². The van der Waals surface area contributed by atoms with E-state index in [-0.39, 0.29) is 39.8 Å². The molecule has 4 rings (SSSR count). The molecule has 1 aliphatic carbocycles. The highest BCUT2D eigenvalue weighted by molar-refractivity contribution is 7.92. The van der Waals surface area contributed by atoms with Crippen molar-refractivity contribution in [2.45, 2.75) is 69.0 Å². The quantitative estimate of drug-likeness (QED) is 0.220. The van der Waals surface area contributed by atoms with E-state index in [1.54, 1.807) is 42.5 Å². The lowest BCUT2D eigenvalue weighted by Crippen LogP contribution is -2.54. The molecule has 0 aromatic heterocycles. The molecule has 3 aromatic rings. The van der Waals surface area contributed by atoms with Gasteiger partial charge < -0.3 is 15.0 Å². The van der Waals surface area contributed by atoms with Crippen LogP contribution in [0.15, 0.2) is 71.6 Å². The van der Waals surface area contributed by atoms with Gasteiger partial charge in [0.2, 0.25) is 11.8 Å². The smallest absolute Gasteiger partial charge is 0.264 e. The van der Waals surface area contributed by atoms with Crippen molar-refractivity contribution in [3.8, 4) is 5.75 Å². The van der Waals surface area contributed by atoms with Crippen molar-refractivity contribution in [1.29, 1.82) is 0 Å². The zero-order valence-electron chi connectivity index (χ0n) is 24.6. The van der Waals surface area contributed by atoms with Gasteiger partial charge in [0.1, 0.15) is 18.3 Å². The number of anilines is 1. The predicted molar refractivity (Wildman–Crippen MR) is 175 cm³/mol. The Balaban J connectivity index is 1.76. The summed E-state index contributed by atoms with van der Waals surface area (Å²) in [6.07, 6.45) is 5.24. The molecule has 0 saturated heterocycles. The highest BCUT2D eigenvalue weighted by atomic mass is 35.5. The molecule has 1 fully saturated rings. The maximum absolute atomic E-state index is 14.3. The third kappa shape index (κ3) is 8.18. The average molecular weight is 681 g/mol. The highest BCUT2D eigenvalue weighted by Gasteiger charge is 2.35. The molecule has 1 saturated carbocycles. The number of ether oxygens (including phenoxy) is 1. The zero-order chi connectivity index (χ0) is 31.9. The Labute approximate surface area is 274 Å². The van der Waals surface area contributed by atoms with Crippen LogP contribution in [-0.4, -0.2) is 50.9 Å². The molecule has 12 heteroatoms. The van der Waals surface area contributed by atoms with Crippen LogP contribution in [0.1, 0.15) is 51.0 Å². The van der Waals surface area contributed by atoms with Gasteiger partial charge in [-0.1, -0.05) is 85.3 Å². The maximum Gasteiger partial charge on any atom is 0.264 e. The van der Waals surface area contributed by atoms with Crippen LogP contribution < -0.4 is 14.4 Å². The monoisotopic (exact) mass is 679 g/mol. The van der Waals surface area contributed by atoms with Gasteiger partial charge in [0, 0.05) is 17.6 Å². The molecule has 1 aliphatic rings. The van der Waals surface area contributed by atoms with Crippen LogP contribution in [-0.2, 0) is 26.2 Å². The Bertz CT molecular complexity index is 1570. The van der Waals surface area contributed by atoms with Crippen LogP contribution in [0.4, 0.5) is 5.69 Å². The Morgan fingerprint density at radius 2 is 1.66 bits per heavy atom. The van der Waals surface area contributed by atoms with E-state index in [2.05, 4.69) is 5.32 Å². The number of rotatable bonds is 12. The first kappa shape index (κ1) is 33.9. The number of hydrogen-bond acceptors (Lipinski definition) is 5. The molecule has 0 unspecified atom stereocenters. The summed E-state index contributed by atoms with van der Waals surface area (Å²) in [6, 6.07) is 16.5. The van der Waals surface area contributed by atoms with Crippen molar-refractivity contribution in [3.05, 3.63) is 87.4 Å². The van der Waals surface area contributed by atoms with Crippen molar-refractivity contribution in [2.75, 3.05) is 18.0 Å². The number of nitrogens with one attached hydrogen (secondary N) is 1. The van der Waals surface area contributed by atoms with E-state index in [9.17, 15) is 18.0 Å². The van der Waals surface area contributed by atoms with Crippen molar-refractivity contribution >= 4 is 62.3 Å². The van der Waals surface area contributed by atoms with Crippen LogP contribution in [0.2, 0.25) is 15.1 Å². The van der Waals surface area contributed by atoms with E-state index in [4.69, 9.17) is 39.5 Å². The first-order valence-corrected chi connectivity index (χ1v) is 17.1. The Kier molecular flexibility index (Phi) is 11.8. The number of methoxy groups -OCH3 is 1. The summed E-state index contributed by atoms with van der Waals surface area (Å²) in [5.74, 6) is -0.673. The molecule has 1 atom stereocenters. The van der Waals surface area contributed by atoms with Crippen LogP contribution >= 0.6 is 34.8 Å². The summed E-state index contributed by atoms with van der Waals surface area (Å²) >= 11 is 18.7. The van der Waals surface area contributed by atoms with Gasteiger partial charge in [-0.3, -0.25) is 13.9 Å². The molecule has 2 amide bonds. The second-order valence-corrected chi connectivity index (χ2v) is 13.8. The Morgan fingerprint density at radius 3 is 2.30 bits per heavy atom. The lowest BCUT2D eigenvalue weighted by molar-refractivity contribution is -0.140. The molecule has 236 valence electrons. The number of sulfonamides is 1. The first-order valence-electron chi connectivity index (χ1n) is 14.5. The summed E-state index contributed by atoms with van der Waals surface area (Å²) < 4.78 is 34.6. The molecule has 0 spiro atoms.